The molecule has 30 heavy (non-hydrogen) atoms. The van der Waals surface area contributed by atoms with Gasteiger partial charge in [0.05, 0.1) is 7.11 Å². The van der Waals surface area contributed by atoms with Crippen molar-refractivity contribution in [3.05, 3.63) is 88.4 Å². The molecule has 0 radical (unpaired) electrons. The number of carbonyl (C=O) groups is 1. The first kappa shape index (κ1) is 21.8. The molecule has 2 aromatic rings. The highest BCUT2D eigenvalue weighted by atomic mass is 32.2. The Hall–Kier alpha value is -2.93. The maximum Gasteiger partial charge on any atom is 0.511 e. The normalized spacial score (nSPS) is 13.5. The Kier molecular flexibility index (Phi) is 7.79. The lowest BCUT2D eigenvalue weighted by Gasteiger charge is -2.30. The Morgan fingerprint density at radius 1 is 1.20 bits per heavy atom. The van der Waals surface area contributed by atoms with Crippen LogP contribution in [0.5, 0.6) is 5.75 Å². The molecule has 158 valence electrons. The third-order valence-electron chi connectivity index (χ3n) is 4.61. The average molecular weight is 430 g/mol. The summed E-state index contributed by atoms with van der Waals surface area (Å²) in [6.07, 6.45) is 3.94. The van der Waals surface area contributed by atoms with Crippen LogP contribution < -0.4 is 4.74 Å². The largest absolute Gasteiger partial charge is 0.511 e. The molecule has 0 aromatic heterocycles. The minimum atomic E-state index is -1.33. The van der Waals surface area contributed by atoms with Gasteiger partial charge in [0.1, 0.15) is 16.6 Å². The van der Waals surface area contributed by atoms with Crippen molar-refractivity contribution in [2.24, 2.45) is 0 Å². The van der Waals surface area contributed by atoms with Crippen LogP contribution in [0.4, 0.5) is 9.18 Å². The zero-order valence-corrected chi connectivity index (χ0v) is 17.5. The van der Waals surface area contributed by atoms with Gasteiger partial charge < -0.3 is 19.5 Å². The molecule has 1 N–H and O–H groups in total. The summed E-state index contributed by atoms with van der Waals surface area (Å²) in [6.45, 7) is 1.21. The molecule has 7 heteroatoms. The van der Waals surface area contributed by atoms with Gasteiger partial charge in [-0.1, -0.05) is 36.4 Å². The predicted octanol–water partition coefficient (Wildman–Crippen LogP) is 5.44. The summed E-state index contributed by atoms with van der Waals surface area (Å²) in [6, 6.07) is 14.3. The molecule has 0 atom stereocenters. The first-order valence-electron chi connectivity index (χ1n) is 9.62. The summed E-state index contributed by atoms with van der Waals surface area (Å²) in [5, 5.41) is 9.90. The van der Waals surface area contributed by atoms with E-state index in [0.29, 0.717) is 18.8 Å². The van der Waals surface area contributed by atoms with E-state index in [2.05, 4.69) is 4.90 Å². The molecule has 0 fully saturated rings. The Balaban J connectivity index is 1.70. The quantitative estimate of drug-likeness (QED) is 0.423. The number of aryl methyl sites for hydroxylation is 1. The maximum atomic E-state index is 13.0. The first-order valence-corrected chi connectivity index (χ1v) is 10.6. The first-order chi connectivity index (χ1) is 14.6. The highest BCUT2D eigenvalue weighted by Crippen LogP contribution is 2.32. The summed E-state index contributed by atoms with van der Waals surface area (Å²) in [7, 11) is 1.63. The molecule has 0 spiro atoms. The number of rotatable bonds is 9. The third kappa shape index (κ3) is 6.03. The van der Waals surface area contributed by atoms with E-state index < -0.39 is 6.16 Å². The van der Waals surface area contributed by atoms with Gasteiger partial charge in [-0.2, -0.15) is 0 Å². The van der Waals surface area contributed by atoms with Gasteiger partial charge in [-0.3, -0.25) is 0 Å². The van der Waals surface area contributed by atoms with Gasteiger partial charge in [-0.25, -0.2) is 9.18 Å². The predicted molar refractivity (Wildman–Crippen MR) is 116 cm³/mol. The number of methoxy groups -OCH3 is 1. The standard InChI is InChI=1S/C23H24FNO4S/c1-28-20-8-3-2-7-18(20)16-25-14-4-9-21(29-23(26)27)22(25)30-15-5-6-17-10-12-19(24)13-11-17/h2-4,7-13H,5-6,14-16H2,1H3,(H,26,27). The molecule has 2 aromatic carbocycles. The summed E-state index contributed by atoms with van der Waals surface area (Å²) in [4.78, 5) is 13.2. The lowest BCUT2D eigenvalue weighted by atomic mass is 10.1. The summed E-state index contributed by atoms with van der Waals surface area (Å²) >= 11 is 1.56. The fourth-order valence-electron chi connectivity index (χ4n) is 3.20. The number of para-hydroxylation sites is 1. The molecule has 0 saturated carbocycles. The molecular weight excluding hydrogens is 405 g/mol. The summed E-state index contributed by atoms with van der Waals surface area (Å²) in [5.74, 6) is 1.65. The number of halogens is 1. The van der Waals surface area contributed by atoms with E-state index in [1.165, 1.54) is 12.1 Å². The Bertz CT molecular complexity index is 927. The zero-order valence-electron chi connectivity index (χ0n) is 16.7. The van der Waals surface area contributed by atoms with Crippen molar-refractivity contribution in [3.63, 3.8) is 0 Å². The number of carboxylic acid groups (broad SMARTS) is 1. The lowest BCUT2D eigenvalue weighted by Crippen LogP contribution is -2.26. The van der Waals surface area contributed by atoms with E-state index >= 15 is 0 Å². The van der Waals surface area contributed by atoms with E-state index in [-0.39, 0.29) is 5.82 Å². The minimum absolute atomic E-state index is 0.241. The van der Waals surface area contributed by atoms with E-state index in [1.54, 1.807) is 37.1 Å². The van der Waals surface area contributed by atoms with Crippen molar-refractivity contribution in [3.8, 4) is 5.75 Å². The molecular formula is C23H24FNO4S. The molecule has 0 bridgehead atoms. The lowest BCUT2D eigenvalue weighted by molar-refractivity contribution is 0.119. The van der Waals surface area contributed by atoms with Crippen molar-refractivity contribution in [2.45, 2.75) is 19.4 Å². The average Bonchev–Trinajstić information content (AvgIpc) is 2.74. The molecule has 0 aliphatic carbocycles. The van der Waals surface area contributed by atoms with Crippen molar-refractivity contribution in [1.29, 1.82) is 0 Å². The third-order valence-corrected chi connectivity index (χ3v) is 5.83. The van der Waals surface area contributed by atoms with Gasteiger partial charge in [-0.15, -0.1) is 11.8 Å². The van der Waals surface area contributed by atoms with E-state index in [0.717, 1.165) is 40.5 Å². The van der Waals surface area contributed by atoms with Crippen LogP contribution in [0.15, 0.2) is 71.5 Å². The number of nitrogens with zero attached hydrogens (tertiary/aromatic N) is 1. The highest BCUT2D eigenvalue weighted by molar-refractivity contribution is 8.03. The van der Waals surface area contributed by atoms with Crippen LogP contribution in [0.25, 0.3) is 0 Å². The van der Waals surface area contributed by atoms with Crippen molar-refractivity contribution in [2.75, 3.05) is 19.4 Å². The summed E-state index contributed by atoms with van der Waals surface area (Å²) in [5.41, 5.74) is 2.08. The Morgan fingerprint density at radius 2 is 1.97 bits per heavy atom. The SMILES string of the molecule is COc1ccccc1CN1CC=CC(OC(=O)O)=C1SCCCc1ccc(F)cc1. The fourth-order valence-corrected chi connectivity index (χ4v) is 4.26. The van der Waals surface area contributed by atoms with Gasteiger partial charge in [0.15, 0.2) is 5.76 Å². The van der Waals surface area contributed by atoms with Gasteiger partial charge >= 0.3 is 6.16 Å². The van der Waals surface area contributed by atoms with Crippen LogP contribution in [-0.2, 0) is 17.7 Å². The van der Waals surface area contributed by atoms with Crippen molar-refractivity contribution >= 4 is 17.9 Å². The second kappa shape index (κ2) is 10.7. The van der Waals surface area contributed by atoms with Crippen LogP contribution in [0.3, 0.4) is 0 Å². The Labute approximate surface area is 179 Å². The van der Waals surface area contributed by atoms with Gasteiger partial charge in [0.25, 0.3) is 0 Å². The highest BCUT2D eigenvalue weighted by Gasteiger charge is 2.21. The second-order valence-corrected chi connectivity index (χ2v) is 7.79. The van der Waals surface area contributed by atoms with Gasteiger partial charge in [0, 0.05) is 18.7 Å². The molecule has 1 aliphatic rings. The molecule has 3 rings (SSSR count). The van der Waals surface area contributed by atoms with Crippen LogP contribution in [0.1, 0.15) is 17.5 Å². The van der Waals surface area contributed by atoms with Crippen LogP contribution in [0.2, 0.25) is 0 Å². The minimum Gasteiger partial charge on any atom is -0.496 e. The molecule has 0 saturated heterocycles. The van der Waals surface area contributed by atoms with E-state index in [9.17, 15) is 9.18 Å². The van der Waals surface area contributed by atoms with E-state index in [1.807, 2.05) is 30.3 Å². The van der Waals surface area contributed by atoms with Gasteiger partial charge in [-0.05, 0) is 48.4 Å². The molecule has 5 nitrogen and oxygen atoms in total. The number of benzene rings is 2. The monoisotopic (exact) mass is 429 g/mol. The van der Waals surface area contributed by atoms with Crippen molar-refractivity contribution in [1.82, 2.24) is 4.90 Å². The number of ether oxygens (including phenoxy) is 2. The fraction of sp³-hybridized carbons (Fsp3) is 0.261. The van der Waals surface area contributed by atoms with Crippen molar-refractivity contribution < 1.29 is 23.8 Å². The molecule has 0 amide bonds. The van der Waals surface area contributed by atoms with E-state index in [4.69, 9.17) is 14.6 Å². The number of allylic oxidation sites excluding steroid dienone is 1. The summed E-state index contributed by atoms with van der Waals surface area (Å²) < 4.78 is 23.5. The van der Waals surface area contributed by atoms with Crippen LogP contribution >= 0.6 is 11.8 Å². The topological polar surface area (TPSA) is 59.0 Å². The zero-order chi connectivity index (χ0) is 21.3. The van der Waals surface area contributed by atoms with Crippen LogP contribution in [0, 0.1) is 5.82 Å². The smallest absolute Gasteiger partial charge is 0.496 e. The molecule has 1 heterocycles. The van der Waals surface area contributed by atoms with Crippen LogP contribution in [-0.4, -0.2) is 35.6 Å². The molecule has 0 unspecified atom stereocenters. The van der Waals surface area contributed by atoms with Gasteiger partial charge in [0.2, 0.25) is 0 Å². The number of thioether (sulfide) groups is 1. The molecule has 1 aliphatic heterocycles. The number of hydrogen-bond donors (Lipinski definition) is 1. The second-order valence-electron chi connectivity index (χ2n) is 6.71. The maximum absolute atomic E-state index is 13.0. The number of hydrogen-bond acceptors (Lipinski definition) is 5. The Morgan fingerprint density at radius 3 is 2.70 bits per heavy atom.